The number of hydrogen-bond acceptors (Lipinski definition) is 5. The summed E-state index contributed by atoms with van der Waals surface area (Å²) >= 11 is 0. The first-order valence-electron chi connectivity index (χ1n) is 4.04. The fourth-order valence-electron chi connectivity index (χ4n) is 0.968. The van der Waals surface area contributed by atoms with E-state index in [1.807, 2.05) is 0 Å². The molecule has 0 aliphatic heterocycles. The molecule has 0 heterocycles. The van der Waals surface area contributed by atoms with Gasteiger partial charge in [0.1, 0.15) is 0 Å². The highest BCUT2D eigenvalue weighted by Gasteiger charge is 2.12. The van der Waals surface area contributed by atoms with Crippen LogP contribution in [-0.2, 0) is 14.4 Å². The van der Waals surface area contributed by atoms with Crippen LogP contribution < -0.4 is 5.90 Å². The minimum Gasteiger partial charge on any atom is -0.480 e. The third-order valence-corrected chi connectivity index (χ3v) is 1.45. The molecule has 0 aromatic carbocycles. The molecule has 4 N–H and O–H groups in total. The predicted octanol–water partition coefficient (Wildman–Crippen LogP) is -1.26. The third kappa shape index (κ3) is 7.47. The van der Waals surface area contributed by atoms with Gasteiger partial charge in [-0.3, -0.25) is 14.5 Å². The molecule has 82 valence electrons. The average Bonchev–Trinajstić information content (AvgIpc) is 2.02. The predicted molar refractivity (Wildman–Crippen MR) is 46.5 cm³/mol. The Morgan fingerprint density at radius 1 is 1.21 bits per heavy atom. The van der Waals surface area contributed by atoms with Crippen LogP contribution in [-0.4, -0.2) is 53.3 Å². The summed E-state index contributed by atoms with van der Waals surface area (Å²) in [6, 6.07) is 0. The Labute approximate surface area is 81.0 Å². The second-order valence-corrected chi connectivity index (χ2v) is 2.72. The molecule has 7 heteroatoms. The Hall–Kier alpha value is -1.18. The summed E-state index contributed by atoms with van der Waals surface area (Å²) in [5.41, 5.74) is 0. The van der Waals surface area contributed by atoms with Gasteiger partial charge in [0, 0.05) is 6.54 Å². The number of carboxylic acids is 2. The van der Waals surface area contributed by atoms with E-state index in [4.69, 9.17) is 16.1 Å². The molecule has 0 radical (unpaired) electrons. The first-order chi connectivity index (χ1) is 6.56. The maximum Gasteiger partial charge on any atom is 0.317 e. The quantitative estimate of drug-likeness (QED) is 0.335. The van der Waals surface area contributed by atoms with Gasteiger partial charge in [-0.1, -0.05) is 0 Å². The summed E-state index contributed by atoms with van der Waals surface area (Å²) in [6.07, 6.45) is 0.497. The van der Waals surface area contributed by atoms with E-state index in [9.17, 15) is 9.59 Å². The van der Waals surface area contributed by atoms with Crippen molar-refractivity contribution in [3.63, 3.8) is 0 Å². The number of nitrogens with two attached hydrogens (primary N) is 1. The molecule has 0 saturated carbocycles. The van der Waals surface area contributed by atoms with Gasteiger partial charge in [-0.2, -0.15) is 0 Å². The zero-order valence-electron chi connectivity index (χ0n) is 7.68. The average molecular weight is 206 g/mol. The lowest BCUT2D eigenvalue weighted by atomic mass is 10.3. The van der Waals surface area contributed by atoms with E-state index in [0.29, 0.717) is 13.0 Å². The first kappa shape index (κ1) is 12.8. The Balaban J connectivity index is 3.84. The van der Waals surface area contributed by atoms with Crippen LogP contribution >= 0.6 is 0 Å². The van der Waals surface area contributed by atoms with Crippen molar-refractivity contribution in [2.45, 2.75) is 6.42 Å². The standard InChI is InChI=1S/C7H14N2O5/c8-14-3-1-2-9(4-6(10)11)5-7(12)13/h1-5,8H2,(H,10,11)(H,12,13). The van der Waals surface area contributed by atoms with Crippen LogP contribution in [0.15, 0.2) is 0 Å². The van der Waals surface area contributed by atoms with Crippen LogP contribution in [0, 0.1) is 0 Å². The number of carboxylic acid groups (broad SMARTS) is 2. The number of aliphatic carboxylic acids is 2. The van der Waals surface area contributed by atoms with E-state index in [1.165, 1.54) is 4.90 Å². The minimum absolute atomic E-state index is 0.274. The van der Waals surface area contributed by atoms with Crippen molar-refractivity contribution in [1.29, 1.82) is 0 Å². The minimum atomic E-state index is -1.06. The van der Waals surface area contributed by atoms with Crippen molar-refractivity contribution in [2.24, 2.45) is 5.90 Å². The molecule has 0 rings (SSSR count). The summed E-state index contributed by atoms with van der Waals surface area (Å²) in [6.45, 7) is 0.0132. The molecule has 7 nitrogen and oxygen atoms in total. The molecule has 0 atom stereocenters. The number of carbonyl (C=O) groups is 2. The Bertz CT molecular complexity index is 181. The van der Waals surface area contributed by atoms with Crippen molar-refractivity contribution in [3.8, 4) is 0 Å². The highest BCUT2D eigenvalue weighted by molar-refractivity contribution is 5.72. The highest BCUT2D eigenvalue weighted by Crippen LogP contribution is 1.91. The van der Waals surface area contributed by atoms with E-state index in [0.717, 1.165) is 0 Å². The molecule has 0 fully saturated rings. The lowest BCUT2D eigenvalue weighted by Gasteiger charge is -2.16. The van der Waals surface area contributed by atoms with Crippen molar-refractivity contribution >= 4 is 11.9 Å². The largest absolute Gasteiger partial charge is 0.480 e. The number of hydrogen-bond donors (Lipinski definition) is 3. The Morgan fingerprint density at radius 2 is 1.71 bits per heavy atom. The molecular weight excluding hydrogens is 192 g/mol. The molecule has 0 saturated heterocycles. The van der Waals surface area contributed by atoms with Crippen molar-refractivity contribution < 1.29 is 24.6 Å². The topological polar surface area (TPSA) is 113 Å². The van der Waals surface area contributed by atoms with Gasteiger partial charge in [-0.15, -0.1) is 0 Å². The van der Waals surface area contributed by atoms with Crippen LogP contribution in [0.3, 0.4) is 0 Å². The first-order valence-corrected chi connectivity index (χ1v) is 4.04. The van der Waals surface area contributed by atoms with Crippen molar-refractivity contribution in [3.05, 3.63) is 0 Å². The highest BCUT2D eigenvalue weighted by atomic mass is 16.6. The molecule has 14 heavy (non-hydrogen) atoms. The molecule has 0 aromatic heterocycles. The molecule has 0 unspecified atom stereocenters. The molecule has 0 aliphatic carbocycles. The lowest BCUT2D eigenvalue weighted by molar-refractivity contribution is -0.141. The number of nitrogens with zero attached hydrogens (tertiary/aromatic N) is 1. The Morgan fingerprint density at radius 3 is 2.07 bits per heavy atom. The molecule has 0 spiro atoms. The van der Waals surface area contributed by atoms with Gasteiger partial charge in [0.25, 0.3) is 0 Å². The lowest BCUT2D eigenvalue weighted by Crippen LogP contribution is -2.35. The van der Waals surface area contributed by atoms with Crippen molar-refractivity contribution in [1.82, 2.24) is 4.90 Å². The van der Waals surface area contributed by atoms with Gasteiger partial charge in [0.2, 0.25) is 0 Å². The second-order valence-electron chi connectivity index (χ2n) is 2.72. The molecular formula is C7H14N2O5. The third-order valence-electron chi connectivity index (χ3n) is 1.45. The van der Waals surface area contributed by atoms with Gasteiger partial charge >= 0.3 is 11.9 Å². The normalized spacial score (nSPS) is 10.4. The van der Waals surface area contributed by atoms with Gasteiger partial charge in [0.15, 0.2) is 0 Å². The van der Waals surface area contributed by atoms with Crippen LogP contribution in [0.4, 0.5) is 0 Å². The number of rotatable bonds is 8. The summed E-state index contributed by atoms with van der Waals surface area (Å²) in [5, 5.41) is 16.9. The summed E-state index contributed by atoms with van der Waals surface area (Å²) in [4.78, 5) is 26.2. The van der Waals surface area contributed by atoms with E-state index in [1.54, 1.807) is 0 Å². The zero-order chi connectivity index (χ0) is 11.0. The smallest absolute Gasteiger partial charge is 0.317 e. The van der Waals surface area contributed by atoms with E-state index >= 15 is 0 Å². The van der Waals surface area contributed by atoms with Gasteiger partial charge in [-0.25, -0.2) is 5.90 Å². The van der Waals surface area contributed by atoms with Gasteiger partial charge in [0.05, 0.1) is 19.7 Å². The second kappa shape index (κ2) is 7.25. The zero-order valence-corrected chi connectivity index (χ0v) is 7.68. The van der Waals surface area contributed by atoms with Crippen LogP contribution in [0.5, 0.6) is 0 Å². The Kier molecular flexibility index (Phi) is 6.63. The molecule has 0 aliphatic rings. The molecule has 0 bridgehead atoms. The fourth-order valence-corrected chi connectivity index (χ4v) is 0.968. The van der Waals surface area contributed by atoms with Gasteiger partial charge < -0.3 is 15.1 Å². The van der Waals surface area contributed by atoms with Crippen LogP contribution in [0.1, 0.15) is 6.42 Å². The fraction of sp³-hybridized carbons (Fsp3) is 0.714. The SMILES string of the molecule is NOCCCN(CC(=O)O)CC(=O)O. The van der Waals surface area contributed by atoms with E-state index < -0.39 is 11.9 Å². The van der Waals surface area contributed by atoms with Gasteiger partial charge in [-0.05, 0) is 6.42 Å². The van der Waals surface area contributed by atoms with Crippen molar-refractivity contribution in [2.75, 3.05) is 26.2 Å². The van der Waals surface area contributed by atoms with Crippen LogP contribution in [0.25, 0.3) is 0 Å². The van der Waals surface area contributed by atoms with Crippen LogP contribution in [0.2, 0.25) is 0 Å². The maximum atomic E-state index is 10.3. The summed E-state index contributed by atoms with van der Waals surface area (Å²) in [5.74, 6) is 2.65. The van der Waals surface area contributed by atoms with E-state index in [2.05, 4.69) is 4.84 Å². The van der Waals surface area contributed by atoms with E-state index in [-0.39, 0.29) is 19.7 Å². The maximum absolute atomic E-state index is 10.3. The monoisotopic (exact) mass is 206 g/mol. The summed E-state index contributed by atoms with van der Waals surface area (Å²) in [7, 11) is 0. The summed E-state index contributed by atoms with van der Waals surface area (Å²) < 4.78 is 0. The molecule has 0 amide bonds. The molecule has 0 aromatic rings.